The van der Waals surface area contributed by atoms with Crippen LogP contribution < -0.4 is 10.5 Å². The molecule has 7 heteroatoms. The maximum atomic E-state index is 12.3. The summed E-state index contributed by atoms with van der Waals surface area (Å²) in [6, 6.07) is -0.0601. The van der Waals surface area contributed by atoms with Crippen LogP contribution in [0.1, 0.15) is 43.9 Å². The van der Waals surface area contributed by atoms with Crippen molar-refractivity contribution in [1.29, 1.82) is 0 Å². The Labute approximate surface area is 114 Å². The third-order valence-electron chi connectivity index (χ3n) is 3.94. The summed E-state index contributed by atoms with van der Waals surface area (Å²) in [5.74, 6) is 0.427. The van der Waals surface area contributed by atoms with E-state index in [0.29, 0.717) is 17.2 Å². The molecule has 0 radical (unpaired) electrons. The molecule has 1 saturated carbocycles. The molecule has 6 nitrogen and oxygen atoms in total. The summed E-state index contributed by atoms with van der Waals surface area (Å²) in [6.07, 6.45) is 4.55. The van der Waals surface area contributed by atoms with Gasteiger partial charge in [0.05, 0.1) is 0 Å². The number of nitrogens with one attached hydrogen (secondary N) is 2. The van der Waals surface area contributed by atoms with Gasteiger partial charge in [-0.15, -0.1) is 0 Å². The van der Waals surface area contributed by atoms with E-state index in [1.54, 1.807) is 6.92 Å². The zero-order valence-electron chi connectivity index (χ0n) is 11.4. The molecule has 0 aromatic carbocycles. The Morgan fingerprint density at radius 3 is 2.68 bits per heavy atom. The van der Waals surface area contributed by atoms with Crippen LogP contribution in [0.3, 0.4) is 0 Å². The smallest absolute Gasteiger partial charge is 0.260 e. The Morgan fingerprint density at radius 1 is 1.47 bits per heavy atom. The summed E-state index contributed by atoms with van der Waals surface area (Å²) in [6.45, 7) is 3.86. The van der Waals surface area contributed by atoms with E-state index in [0.717, 1.165) is 12.8 Å². The second kappa shape index (κ2) is 5.60. The van der Waals surface area contributed by atoms with Crippen LogP contribution in [0.15, 0.2) is 5.03 Å². The number of hydrogen-bond acceptors (Lipinski definition) is 4. The van der Waals surface area contributed by atoms with Crippen molar-refractivity contribution in [3.63, 3.8) is 0 Å². The fraction of sp³-hybridized carbons (Fsp3) is 0.750. The van der Waals surface area contributed by atoms with E-state index in [-0.39, 0.29) is 17.6 Å². The molecule has 1 atom stereocenters. The van der Waals surface area contributed by atoms with Crippen LogP contribution in [0, 0.1) is 12.8 Å². The molecule has 19 heavy (non-hydrogen) atoms. The summed E-state index contributed by atoms with van der Waals surface area (Å²) in [7, 11) is -3.59. The van der Waals surface area contributed by atoms with E-state index < -0.39 is 10.0 Å². The second-order valence-corrected chi connectivity index (χ2v) is 6.92. The quantitative estimate of drug-likeness (QED) is 0.752. The highest BCUT2D eigenvalue weighted by atomic mass is 32.2. The molecule has 2 rings (SSSR count). The normalized spacial score (nSPS) is 18.9. The topological polar surface area (TPSA) is 101 Å². The number of aromatic amines is 1. The lowest BCUT2D eigenvalue weighted by Gasteiger charge is -2.19. The van der Waals surface area contributed by atoms with Gasteiger partial charge in [0.2, 0.25) is 0 Å². The van der Waals surface area contributed by atoms with Crippen molar-refractivity contribution in [2.24, 2.45) is 11.7 Å². The number of aryl methyl sites for hydroxylation is 1. The third kappa shape index (κ3) is 2.98. The molecule has 1 unspecified atom stereocenters. The minimum absolute atomic E-state index is 0.0392. The summed E-state index contributed by atoms with van der Waals surface area (Å²) in [5, 5.41) is 6.61. The molecule has 0 saturated heterocycles. The maximum absolute atomic E-state index is 12.3. The molecule has 0 spiro atoms. The molecule has 108 valence electrons. The number of nitrogens with zero attached hydrogens (tertiary/aromatic N) is 1. The average molecular weight is 286 g/mol. The minimum Gasteiger partial charge on any atom is -0.326 e. The lowest BCUT2D eigenvalue weighted by molar-refractivity contribution is 0.423. The van der Waals surface area contributed by atoms with Gasteiger partial charge >= 0.3 is 0 Å². The van der Waals surface area contributed by atoms with E-state index >= 15 is 0 Å². The van der Waals surface area contributed by atoms with Gasteiger partial charge in [0.25, 0.3) is 10.0 Å². The summed E-state index contributed by atoms with van der Waals surface area (Å²) in [4.78, 5) is 0. The molecule has 4 N–H and O–H groups in total. The fourth-order valence-electron chi connectivity index (χ4n) is 2.75. The SMILES string of the molecule is Cc1[nH]nc(S(=O)(=O)NC(C)C2CCCC2)c1CN. The average Bonchev–Trinajstić information content (AvgIpc) is 2.96. The zero-order valence-corrected chi connectivity index (χ0v) is 12.3. The molecule has 1 heterocycles. The first kappa shape index (κ1) is 14.5. The van der Waals surface area contributed by atoms with E-state index in [4.69, 9.17) is 5.73 Å². The van der Waals surface area contributed by atoms with Crippen molar-refractivity contribution in [1.82, 2.24) is 14.9 Å². The highest BCUT2D eigenvalue weighted by Crippen LogP contribution is 2.28. The highest BCUT2D eigenvalue weighted by molar-refractivity contribution is 7.89. The highest BCUT2D eigenvalue weighted by Gasteiger charge is 2.29. The van der Waals surface area contributed by atoms with Crippen molar-refractivity contribution in [2.45, 2.75) is 57.1 Å². The van der Waals surface area contributed by atoms with Crippen molar-refractivity contribution in [2.75, 3.05) is 0 Å². The van der Waals surface area contributed by atoms with Crippen LogP contribution in [0.4, 0.5) is 0 Å². The Balaban J connectivity index is 2.17. The van der Waals surface area contributed by atoms with Crippen LogP contribution in [0.25, 0.3) is 0 Å². The molecule has 1 fully saturated rings. The van der Waals surface area contributed by atoms with Gasteiger partial charge in [-0.25, -0.2) is 13.1 Å². The first-order valence-electron chi connectivity index (χ1n) is 6.72. The van der Waals surface area contributed by atoms with Gasteiger partial charge in [0.1, 0.15) is 0 Å². The van der Waals surface area contributed by atoms with E-state index in [2.05, 4.69) is 14.9 Å². The van der Waals surface area contributed by atoms with Gasteiger partial charge in [0.15, 0.2) is 5.03 Å². The monoisotopic (exact) mass is 286 g/mol. The lowest BCUT2D eigenvalue weighted by atomic mass is 10.0. The van der Waals surface area contributed by atoms with Gasteiger partial charge in [-0.2, -0.15) is 5.10 Å². The Morgan fingerprint density at radius 2 is 2.11 bits per heavy atom. The van der Waals surface area contributed by atoms with Crippen LogP contribution in [-0.4, -0.2) is 24.7 Å². The van der Waals surface area contributed by atoms with Gasteiger partial charge in [-0.3, -0.25) is 5.10 Å². The first-order chi connectivity index (χ1) is 8.95. The summed E-state index contributed by atoms with van der Waals surface area (Å²) >= 11 is 0. The number of hydrogen-bond donors (Lipinski definition) is 3. The van der Waals surface area contributed by atoms with Crippen LogP contribution >= 0.6 is 0 Å². The van der Waals surface area contributed by atoms with Crippen molar-refractivity contribution in [3.8, 4) is 0 Å². The fourth-order valence-corrected chi connectivity index (χ4v) is 4.27. The number of nitrogens with two attached hydrogens (primary N) is 1. The van der Waals surface area contributed by atoms with E-state index in [9.17, 15) is 8.42 Å². The predicted molar refractivity (Wildman–Crippen MR) is 73.0 cm³/mol. The second-order valence-electron chi connectivity index (χ2n) is 5.29. The first-order valence-corrected chi connectivity index (χ1v) is 8.20. The molecular weight excluding hydrogens is 264 g/mol. The largest absolute Gasteiger partial charge is 0.326 e. The van der Waals surface area contributed by atoms with E-state index in [1.807, 2.05) is 6.92 Å². The maximum Gasteiger partial charge on any atom is 0.260 e. The number of sulfonamides is 1. The molecule has 1 aromatic rings. The number of H-pyrrole nitrogens is 1. The Kier molecular flexibility index (Phi) is 4.27. The standard InChI is InChI=1S/C12H22N4O2S/c1-8(10-5-3-4-6-10)16-19(17,18)12-11(7-13)9(2)14-15-12/h8,10,16H,3-7,13H2,1-2H3,(H,14,15). The lowest BCUT2D eigenvalue weighted by Crippen LogP contribution is -2.37. The number of rotatable bonds is 5. The summed E-state index contributed by atoms with van der Waals surface area (Å²) in [5.41, 5.74) is 6.86. The van der Waals surface area contributed by atoms with Crippen molar-refractivity contribution >= 4 is 10.0 Å². The third-order valence-corrected chi connectivity index (χ3v) is 5.47. The van der Waals surface area contributed by atoms with Crippen LogP contribution in [0.5, 0.6) is 0 Å². The number of aromatic nitrogens is 2. The van der Waals surface area contributed by atoms with Gasteiger partial charge in [-0.1, -0.05) is 12.8 Å². The van der Waals surface area contributed by atoms with Gasteiger partial charge < -0.3 is 5.73 Å². The van der Waals surface area contributed by atoms with Crippen molar-refractivity contribution < 1.29 is 8.42 Å². The van der Waals surface area contributed by atoms with E-state index in [1.165, 1.54) is 12.8 Å². The van der Waals surface area contributed by atoms with Crippen LogP contribution in [0.2, 0.25) is 0 Å². The Hall–Kier alpha value is -0.920. The van der Waals surface area contributed by atoms with Gasteiger partial charge in [-0.05, 0) is 32.6 Å². The molecule has 0 amide bonds. The van der Waals surface area contributed by atoms with Gasteiger partial charge in [0, 0.05) is 23.8 Å². The molecular formula is C12H22N4O2S. The molecule has 0 bridgehead atoms. The zero-order chi connectivity index (χ0) is 14.0. The Bertz CT molecular complexity index is 532. The van der Waals surface area contributed by atoms with Crippen molar-refractivity contribution in [3.05, 3.63) is 11.3 Å². The molecule has 1 aliphatic rings. The molecule has 0 aliphatic heterocycles. The minimum atomic E-state index is -3.59. The van der Waals surface area contributed by atoms with Crippen LogP contribution in [-0.2, 0) is 16.6 Å². The molecule has 1 aromatic heterocycles. The summed E-state index contributed by atoms with van der Waals surface area (Å²) < 4.78 is 27.4. The molecule has 1 aliphatic carbocycles. The predicted octanol–water partition coefficient (Wildman–Crippen LogP) is 1.03.